The normalized spacial score (nSPS) is 26.3. The fourth-order valence-corrected chi connectivity index (χ4v) is 3.68. The van der Waals surface area contributed by atoms with Crippen molar-refractivity contribution in [3.63, 3.8) is 0 Å². The number of rotatable bonds is 6. The van der Waals surface area contributed by atoms with E-state index in [9.17, 15) is 8.42 Å². The summed E-state index contributed by atoms with van der Waals surface area (Å²) in [6.45, 7) is 1.95. The van der Waals surface area contributed by atoms with Gasteiger partial charge in [-0.15, -0.1) is 0 Å². The van der Waals surface area contributed by atoms with Gasteiger partial charge >= 0.3 is 0 Å². The number of nitrogens with one attached hydrogen (secondary N) is 1. The molecule has 0 aromatic heterocycles. The fourth-order valence-electron chi connectivity index (χ4n) is 2.15. The zero-order chi connectivity index (χ0) is 12.9. The Hall–Kier alpha value is -0.820. The molecule has 4 N–H and O–H groups in total. The molecule has 0 aromatic carbocycles. The zero-order valence-corrected chi connectivity index (χ0v) is 10.9. The number of hydrogen-bond acceptors (Lipinski definition) is 4. The van der Waals surface area contributed by atoms with Crippen LogP contribution in [0.5, 0.6) is 0 Å². The molecule has 0 bridgehead atoms. The number of hydrogen-bond donors (Lipinski definition) is 3. The monoisotopic (exact) mass is 263 g/mol. The third kappa shape index (κ3) is 4.16. The van der Waals surface area contributed by atoms with Gasteiger partial charge in [-0.1, -0.05) is 24.9 Å². The molecule has 0 spiro atoms. The van der Waals surface area contributed by atoms with Gasteiger partial charge in [0.1, 0.15) is 5.84 Å². The van der Waals surface area contributed by atoms with Crippen molar-refractivity contribution in [3.8, 4) is 0 Å². The minimum absolute atomic E-state index is 0.116. The second kappa shape index (κ2) is 6.20. The third-order valence-corrected chi connectivity index (χ3v) is 4.60. The van der Waals surface area contributed by atoms with Crippen molar-refractivity contribution in [2.45, 2.75) is 45.1 Å². The Morgan fingerprint density at radius 3 is 2.82 bits per heavy atom. The lowest BCUT2D eigenvalue weighted by molar-refractivity contribution is 0.312. The Labute approximate surface area is 102 Å². The smallest absolute Gasteiger partial charge is 0.211 e. The molecule has 0 aromatic rings. The van der Waals surface area contributed by atoms with Crippen LogP contribution in [0.25, 0.3) is 0 Å². The lowest BCUT2D eigenvalue weighted by Gasteiger charge is -2.19. The highest BCUT2D eigenvalue weighted by atomic mass is 32.2. The van der Waals surface area contributed by atoms with E-state index in [1.165, 1.54) is 0 Å². The van der Waals surface area contributed by atoms with Gasteiger partial charge in [0.25, 0.3) is 0 Å². The summed E-state index contributed by atoms with van der Waals surface area (Å²) in [4.78, 5) is 0. The molecule has 0 aliphatic heterocycles. The SMILES string of the molecule is CCCCS(=O)(=O)NC1CCCC1/C(N)=N/O. The zero-order valence-electron chi connectivity index (χ0n) is 10.1. The van der Waals surface area contributed by atoms with Gasteiger partial charge in [-0.25, -0.2) is 13.1 Å². The maximum absolute atomic E-state index is 11.7. The van der Waals surface area contributed by atoms with Crippen LogP contribution in [0.3, 0.4) is 0 Å². The minimum atomic E-state index is -3.24. The van der Waals surface area contributed by atoms with Crippen molar-refractivity contribution in [1.29, 1.82) is 0 Å². The van der Waals surface area contributed by atoms with E-state index in [0.29, 0.717) is 6.42 Å². The van der Waals surface area contributed by atoms with Gasteiger partial charge in [0.05, 0.1) is 5.75 Å². The molecule has 100 valence electrons. The molecule has 6 nitrogen and oxygen atoms in total. The lowest BCUT2D eigenvalue weighted by atomic mass is 10.0. The number of nitrogens with two attached hydrogens (primary N) is 1. The van der Waals surface area contributed by atoms with Crippen LogP contribution in [-0.4, -0.2) is 31.3 Å². The van der Waals surface area contributed by atoms with Gasteiger partial charge < -0.3 is 10.9 Å². The first-order valence-corrected chi connectivity index (χ1v) is 7.62. The Morgan fingerprint density at radius 2 is 2.24 bits per heavy atom. The van der Waals surface area contributed by atoms with Crippen molar-refractivity contribution in [1.82, 2.24) is 4.72 Å². The topological polar surface area (TPSA) is 105 Å². The van der Waals surface area contributed by atoms with E-state index in [1.807, 2.05) is 6.92 Å². The van der Waals surface area contributed by atoms with E-state index >= 15 is 0 Å². The first-order chi connectivity index (χ1) is 8.00. The van der Waals surface area contributed by atoms with Crippen LogP contribution in [0, 0.1) is 5.92 Å². The number of unbranched alkanes of at least 4 members (excludes halogenated alkanes) is 1. The number of oxime groups is 1. The molecule has 2 unspecified atom stereocenters. The van der Waals surface area contributed by atoms with Crippen LogP contribution < -0.4 is 10.5 Å². The third-order valence-electron chi connectivity index (χ3n) is 3.11. The molecule has 1 fully saturated rings. The number of nitrogens with zero attached hydrogens (tertiary/aromatic N) is 1. The summed E-state index contributed by atoms with van der Waals surface area (Å²) in [6.07, 6.45) is 3.89. The largest absolute Gasteiger partial charge is 0.409 e. The summed E-state index contributed by atoms with van der Waals surface area (Å²) < 4.78 is 26.2. The summed E-state index contributed by atoms with van der Waals surface area (Å²) in [6, 6.07) is -0.229. The molecular formula is C10H21N3O3S. The van der Waals surface area contributed by atoms with E-state index in [-0.39, 0.29) is 23.5 Å². The summed E-state index contributed by atoms with van der Waals surface area (Å²) in [7, 11) is -3.24. The average molecular weight is 263 g/mol. The Morgan fingerprint density at radius 1 is 1.53 bits per heavy atom. The van der Waals surface area contributed by atoms with Crippen LogP contribution >= 0.6 is 0 Å². The minimum Gasteiger partial charge on any atom is -0.409 e. The highest BCUT2D eigenvalue weighted by Gasteiger charge is 2.33. The quantitative estimate of drug-likeness (QED) is 0.283. The van der Waals surface area contributed by atoms with E-state index in [0.717, 1.165) is 25.7 Å². The van der Waals surface area contributed by atoms with Gasteiger partial charge in [-0.3, -0.25) is 0 Å². The Bertz CT molecular complexity index is 367. The van der Waals surface area contributed by atoms with Crippen LogP contribution in [0.2, 0.25) is 0 Å². The molecule has 0 amide bonds. The van der Waals surface area contributed by atoms with E-state index in [1.54, 1.807) is 0 Å². The molecule has 0 radical (unpaired) electrons. The Balaban J connectivity index is 2.61. The van der Waals surface area contributed by atoms with Gasteiger partial charge in [-0.2, -0.15) is 0 Å². The van der Waals surface area contributed by atoms with Crippen molar-refractivity contribution in [2.75, 3.05) is 5.75 Å². The summed E-state index contributed by atoms with van der Waals surface area (Å²) >= 11 is 0. The van der Waals surface area contributed by atoms with Gasteiger partial charge in [0, 0.05) is 12.0 Å². The molecule has 0 heterocycles. The maximum atomic E-state index is 11.7. The van der Waals surface area contributed by atoms with Crippen LogP contribution in [0.15, 0.2) is 5.16 Å². The van der Waals surface area contributed by atoms with Gasteiger partial charge in [0.2, 0.25) is 10.0 Å². The van der Waals surface area contributed by atoms with Gasteiger partial charge in [-0.05, 0) is 19.3 Å². The molecule has 1 aliphatic carbocycles. The number of sulfonamides is 1. The van der Waals surface area contributed by atoms with Crippen molar-refractivity contribution in [2.24, 2.45) is 16.8 Å². The predicted octanol–water partition coefficient (Wildman–Crippen LogP) is 0.621. The molecule has 2 atom stereocenters. The van der Waals surface area contributed by atoms with Crippen LogP contribution in [0.4, 0.5) is 0 Å². The summed E-state index contributed by atoms with van der Waals surface area (Å²) in [5.74, 6) is 0.0743. The van der Waals surface area contributed by atoms with Crippen molar-refractivity contribution >= 4 is 15.9 Å². The lowest BCUT2D eigenvalue weighted by Crippen LogP contribution is -2.43. The van der Waals surface area contributed by atoms with Crippen LogP contribution in [0.1, 0.15) is 39.0 Å². The molecule has 1 aliphatic rings. The fraction of sp³-hybridized carbons (Fsp3) is 0.900. The summed E-state index contributed by atoms with van der Waals surface area (Å²) in [5, 5.41) is 11.6. The van der Waals surface area contributed by atoms with Crippen molar-refractivity contribution < 1.29 is 13.6 Å². The maximum Gasteiger partial charge on any atom is 0.211 e. The predicted molar refractivity (Wildman–Crippen MR) is 66.4 cm³/mol. The second-order valence-corrected chi connectivity index (χ2v) is 6.33. The van der Waals surface area contributed by atoms with E-state index in [4.69, 9.17) is 10.9 Å². The average Bonchev–Trinajstić information content (AvgIpc) is 2.72. The van der Waals surface area contributed by atoms with Crippen LogP contribution in [-0.2, 0) is 10.0 Å². The molecule has 17 heavy (non-hydrogen) atoms. The summed E-state index contributed by atoms with van der Waals surface area (Å²) in [5.41, 5.74) is 5.55. The highest BCUT2D eigenvalue weighted by molar-refractivity contribution is 7.89. The molecule has 1 rings (SSSR count). The molecular weight excluding hydrogens is 242 g/mol. The Kier molecular flexibility index (Phi) is 5.20. The van der Waals surface area contributed by atoms with E-state index < -0.39 is 10.0 Å². The molecule has 0 saturated heterocycles. The second-order valence-electron chi connectivity index (χ2n) is 4.46. The highest BCUT2D eigenvalue weighted by Crippen LogP contribution is 2.26. The molecule has 7 heteroatoms. The number of amidine groups is 1. The first kappa shape index (κ1) is 14.2. The van der Waals surface area contributed by atoms with Gasteiger partial charge in [0.15, 0.2) is 0 Å². The van der Waals surface area contributed by atoms with E-state index in [2.05, 4.69) is 9.88 Å². The standard InChI is InChI=1S/C10H21N3O3S/c1-2-3-7-17(15,16)13-9-6-4-5-8(9)10(11)12-14/h8-9,13-14H,2-7H2,1H3,(H2,11,12). The first-order valence-electron chi connectivity index (χ1n) is 5.97. The molecule has 1 saturated carbocycles. The van der Waals surface area contributed by atoms with Crippen molar-refractivity contribution in [3.05, 3.63) is 0 Å².